The van der Waals surface area contributed by atoms with Crippen molar-refractivity contribution in [2.45, 2.75) is 58.2 Å². The molecule has 0 aromatic heterocycles. The molecule has 4 heteroatoms. The third-order valence-corrected chi connectivity index (χ3v) is 3.02. The molecule has 1 fully saturated rings. The van der Waals surface area contributed by atoms with Crippen molar-refractivity contribution in [1.82, 2.24) is 10.6 Å². The van der Waals surface area contributed by atoms with Crippen molar-refractivity contribution in [1.29, 1.82) is 0 Å². The van der Waals surface area contributed by atoms with Gasteiger partial charge in [-0.25, -0.2) is 0 Å². The quantitative estimate of drug-likeness (QED) is 0.647. The van der Waals surface area contributed by atoms with E-state index in [0.29, 0.717) is 12.5 Å². The van der Waals surface area contributed by atoms with Gasteiger partial charge in [-0.3, -0.25) is 4.79 Å². The SMILES string of the molecule is CC(C)CNC(=O)C(C)NC1CCCC1O. The maximum atomic E-state index is 11.7. The minimum Gasteiger partial charge on any atom is -0.392 e. The van der Waals surface area contributed by atoms with E-state index in [9.17, 15) is 9.90 Å². The number of aliphatic hydroxyl groups is 1. The Morgan fingerprint density at radius 2 is 2.06 bits per heavy atom. The van der Waals surface area contributed by atoms with E-state index in [1.54, 1.807) is 0 Å². The van der Waals surface area contributed by atoms with Crippen molar-refractivity contribution in [3.63, 3.8) is 0 Å². The summed E-state index contributed by atoms with van der Waals surface area (Å²) in [6.45, 7) is 6.69. The first-order valence-corrected chi connectivity index (χ1v) is 6.22. The zero-order chi connectivity index (χ0) is 12.1. The Kier molecular flexibility index (Phi) is 5.22. The van der Waals surface area contributed by atoms with Crippen molar-refractivity contribution in [2.24, 2.45) is 5.92 Å². The third-order valence-electron chi connectivity index (χ3n) is 3.02. The van der Waals surface area contributed by atoms with Gasteiger partial charge in [0.25, 0.3) is 0 Å². The van der Waals surface area contributed by atoms with Crippen molar-refractivity contribution in [3.05, 3.63) is 0 Å². The molecule has 1 rings (SSSR count). The molecule has 0 aliphatic heterocycles. The molecule has 3 N–H and O–H groups in total. The Morgan fingerprint density at radius 1 is 1.38 bits per heavy atom. The topological polar surface area (TPSA) is 61.4 Å². The van der Waals surface area contributed by atoms with Crippen LogP contribution in [0.2, 0.25) is 0 Å². The molecule has 3 atom stereocenters. The Bertz CT molecular complexity index is 231. The normalized spacial score (nSPS) is 27.1. The molecule has 94 valence electrons. The maximum Gasteiger partial charge on any atom is 0.236 e. The highest BCUT2D eigenvalue weighted by Crippen LogP contribution is 2.19. The number of aliphatic hydroxyl groups excluding tert-OH is 1. The van der Waals surface area contributed by atoms with E-state index in [1.165, 1.54) is 0 Å². The van der Waals surface area contributed by atoms with E-state index >= 15 is 0 Å². The average molecular weight is 228 g/mol. The first kappa shape index (κ1) is 13.5. The number of hydrogen-bond donors (Lipinski definition) is 3. The number of amides is 1. The van der Waals surface area contributed by atoms with Gasteiger partial charge in [0.15, 0.2) is 0 Å². The van der Waals surface area contributed by atoms with Gasteiger partial charge < -0.3 is 15.7 Å². The first-order valence-electron chi connectivity index (χ1n) is 6.22. The van der Waals surface area contributed by atoms with E-state index < -0.39 is 0 Å². The van der Waals surface area contributed by atoms with Crippen LogP contribution in [0.25, 0.3) is 0 Å². The van der Waals surface area contributed by atoms with Crippen LogP contribution in [-0.2, 0) is 4.79 Å². The van der Waals surface area contributed by atoms with E-state index in [2.05, 4.69) is 24.5 Å². The van der Waals surface area contributed by atoms with Crippen LogP contribution in [0.1, 0.15) is 40.0 Å². The standard InChI is InChI=1S/C12H24N2O2/c1-8(2)7-13-12(16)9(3)14-10-5-4-6-11(10)15/h8-11,14-15H,4-7H2,1-3H3,(H,13,16). The molecule has 1 aliphatic rings. The van der Waals surface area contributed by atoms with E-state index in [0.717, 1.165) is 19.3 Å². The highest BCUT2D eigenvalue weighted by Gasteiger charge is 2.27. The predicted octanol–water partition coefficient (Wildman–Crippen LogP) is 0.650. The number of carbonyl (C=O) groups excluding carboxylic acids is 1. The summed E-state index contributed by atoms with van der Waals surface area (Å²) in [5.74, 6) is 0.487. The number of rotatable bonds is 5. The molecule has 0 bridgehead atoms. The minimum atomic E-state index is -0.291. The lowest BCUT2D eigenvalue weighted by Gasteiger charge is -2.21. The first-order chi connectivity index (χ1) is 7.50. The largest absolute Gasteiger partial charge is 0.392 e. The van der Waals surface area contributed by atoms with Crippen LogP contribution < -0.4 is 10.6 Å². The molecule has 1 aliphatic carbocycles. The monoisotopic (exact) mass is 228 g/mol. The van der Waals surface area contributed by atoms with Crippen molar-refractivity contribution >= 4 is 5.91 Å². The Hall–Kier alpha value is -0.610. The molecule has 4 nitrogen and oxygen atoms in total. The fraction of sp³-hybridized carbons (Fsp3) is 0.917. The highest BCUT2D eigenvalue weighted by molar-refractivity contribution is 5.81. The second-order valence-electron chi connectivity index (χ2n) is 5.13. The molecule has 0 heterocycles. The molecule has 0 aromatic carbocycles. The van der Waals surface area contributed by atoms with Gasteiger partial charge in [-0.1, -0.05) is 13.8 Å². The Balaban J connectivity index is 2.28. The van der Waals surface area contributed by atoms with Crippen molar-refractivity contribution in [2.75, 3.05) is 6.54 Å². The van der Waals surface area contributed by atoms with E-state index in [4.69, 9.17) is 0 Å². The van der Waals surface area contributed by atoms with E-state index in [-0.39, 0.29) is 24.1 Å². The third kappa shape index (κ3) is 4.10. The number of nitrogens with one attached hydrogen (secondary N) is 2. The molecule has 0 spiro atoms. The number of carbonyl (C=O) groups is 1. The summed E-state index contributed by atoms with van der Waals surface area (Å²) in [6, 6.07) is -0.142. The van der Waals surface area contributed by atoms with Crippen LogP contribution in [0.3, 0.4) is 0 Å². The summed E-state index contributed by atoms with van der Waals surface area (Å²) in [6.07, 6.45) is 2.56. The molecule has 1 saturated carbocycles. The second kappa shape index (κ2) is 6.21. The Labute approximate surface area is 97.8 Å². The lowest BCUT2D eigenvalue weighted by atomic mass is 10.1. The molecular formula is C12H24N2O2. The predicted molar refractivity (Wildman–Crippen MR) is 64.1 cm³/mol. The van der Waals surface area contributed by atoms with Gasteiger partial charge in [-0.2, -0.15) is 0 Å². The lowest BCUT2D eigenvalue weighted by Crippen LogP contribution is -2.49. The van der Waals surface area contributed by atoms with Gasteiger partial charge in [-0.15, -0.1) is 0 Å². The summed E-state index contributed by atoms with van der Waals surface area (Å²) in [4.78, 5) is 11.7. The van der Waals surface area contributed by atoms with Gasteiger partial charge in [0.05, 0.1) is 12.1 Å². The fourth-order valence-corrected chi connectivity index (χ4v) is 1.99. The smallest absolute Gasteiger partial charge is 0.236 e. The Morgan fingerprint density at radius 3 is 2.56 bits per heavy atom. The summed E-state index contributed by atoms with van der Waals surface area (Å²) < 4.78 is 0. The molecule has 1 amide bonds. The van der Waals surface area contributed by atoms with Crippen LogP contribution in [0, 0.1) is 5.92 Å². The summed E-state index contributed by atoms with van der Waals surface area (Å²) in [5.41, 5.74) is 0. The molecule has 3 unspecified atom stereocenters. The van der Waals surface area contributed by atoms with Gasteiger partial charge in [0, 0.05) is 12.6 Å². The zero-order valence-electron chi connectivity index (χ0n) is 10.5. The van der Waals surface area contributed by atoms with Gasteiger partial charge in [-0.05, 0) is 32.1 Å². The van der Waals surface area contributed by atoms with Crippen molar-refractivity contribution in [3.8, 4) is 0 Å². The maximum absolute atomic E-state index is 11.7. The summed E-state index contributed by atoms with van der Waals surface area (Å²) in [5, 5.41) is 15.7. The number of hydrogen-bond acceptors (Lipinski definition) is 3. The van der Waals surface area contributed by atoms with Gasteiger partial charge in [0.1, 0.15) is 0 Å². The lowest BCUT2D eigenvalue weighted by molar-refractivity contribution is -0.123. The minimum absolute atomic E-state index is 0.0211. The molecular weight excluding hydrogens is 204 g/mol. The average Bonchev–Trinajstić information content (AvgIpc) is 2.60. The molecule has 0 radical (unpaired) electrons. The summed E-state index contributed by atoms with van der Waals surface area (Å²) >= 11 is 0. The second-order valence-corrected chi connectivity index (χ2v) is 5.13. The zero-order valence-corrected chi connectivity index (χ0v) is 10.5. The molecule has 0 aromatic rings. The van der Waals surface area contributed by atoms with E-state index in [1.807, 2.05) is 6.92 Å². The van der Waals surface area contributed by atoms with Crippen molar-refractivity contribution < 1.29 is 9.90 Å². The van der Waals surface area contributed by atoms with Gasteiger partial charge in [0.2, 0.25) is 5.91 Å². The molecule has 0 saturated heterocycles. The van der Waals surface area contributed by atoms with Crippen LogP contribution in [0.15, 0.2) is 0 Å². The summed E-state index contributed by atoms with van der Waals surface area (Å²) in [7, 11) is 0. The van der Waals surface area contributed by atoms with Crippen LogP contribution in [0.5, 0.6) is 0 Å². The molecule has 16 heavy (non-hydrogen) atoms. The van der Waals surface area contributed by atoms with Crippen LogP contribution in [0.4, 0.5) is 0 Å². The van der Waals surface area contributed by atoms with Crippen LogP contribution >= 0.6 is 0 Å². The van der Waals surface area contributed by atoms with Gasteiger partial charge >= 0.3 is 0 Å². The highest BCUT2D eigenvalue weighted by atomic mass is 16.3. The van der Waals surface area contributed by atoms with Crippen LogP contribution in [-0.4, -0.2) is 35.7 Å². The fourth-order valence-electron chi connectivity index (χ4n) is 1.99.